The minimum Gasteiger partial charge on any atom is -0.493 e. The highest BCUT2D eigenvalue weighted by Gasteiger charge is 2.28. The zero-order valence-electron chi connectivity index (χ0n) is 11.7. The summed E-state index contributed by atoms with van der Waals surface area (Å²) in [4.78, 5) is 13.5. The fourth-order valence-corrected chi connectivity index (χ4v) is 2.09. The molecule has 5 nitrogen and oxygen atoms in total. The van der Waals surface area contributed by atoms with Crippen molar-refractivity contribution >= 4 is 12.0 Å². The van der Waals surface area contributed by atoms with Crippen molar-refractivity contribution in [3.63, 3.8) is 0 Å². The van der Waals surface area contributed by atoms with Gasteiger partial charge in [-0.05, 0) is 23.8 Å². The molecule has 1 amide bonds. The smallest absolute Gasteiger partial charge is 0.246 e. The molecule has 1 aliphatic rings. The SMILES string of the molecule is COc1ccc(/C=C/C(=O)N2CC(CO)C2)cc1OC. The highest BCUT2D eigenvalue weighted by atomic mass is 16.5. The van der Waals surface area contributed by atoms with Crippen LogP contribution in [-0.2, 0) is 4.79 Å². The van der Waals surface area contributed by atoms with Crippen molar-refractivity contribution in [1.29, 1.82) is 0 Å². The fraction of sp³-hybridized carbons (Fsp3) is 0.400. The van der Waals surface area contributed by atoms with E-state index in [0.717, 1.165) is 5.56 Å². The van der Waals surface area contributed by atoms with E-state index in [4.69, 9.17) is 14.6 Å². The van der Waals surface area contributed by atoms with Crippen LogP contribution >= 0.6 is 0 Å². The fourth-order valence-electron chi connectivity index (χ4n) is 2.09. The van der Waals surface area contributed by atoms with Crippen LogP contribution in [0.4, 0.5) is 0 Å². The molecule has 0 spiro atoms. The van der Waals surface area contributed by atoms with Crippen LogP contribution in [0.1, 0.15) is 5.56 Å². The van der Waals surface area contributed by atoms with E-state index >= 15 is 0 Å². The molecular weight excluding hydrogens is 258 g/mol. The van der Waals surface area contributed by atoms with E-state index in [0.29, 0.717) is 24.6 Å². The third-order valence-electron chi connectivity index (χ3n) is 3.35. The van der Waals surface area contributed by atoms with Crippen LogP contribution < -0.4 is 9.47 Å². The van der Waals surface area contributed by atoms with Crippen molar-refractivity contribution in [2.45, 2.75) is 0 Å². The number of ether oxygens (including phenoxy) is 2. The quantitative estimate of drug-likeness (QED) is 0.821. The van der Waals surface area contributed by atoms with E-state index in [9.17, 15) is 4.79 Å². The molecule has 0 radical (unpaired) electrons. The predicted molar refractivity (Wildman–Crippen MR) is 75.7 cm³/mol. The lowest BCUT2D eigenvalue weighted by molar-refractivity contribution is -0.132. The molecule has 1 aliphatic heterocycles. The number of aliphatic hydroxyl groups is 1. The van der Waals surface area contributed by atoms with Gasteiger partial charge in [0.25, 0.3) is 0 Å². The Bertz CT molecular complexity index is 507. The molecule has 0 aliphatic carbocycles. The number of amides is 1. The van der Waals surface area contributed by atoms with E-state index in [-0.39, 0.29) is 18.4 Å². The average Bonchev–Trinajstić information content (AvgIpc) is 2.43. The van der Waals surface area contributed by atoms with Gasteiger partial charge in [-0.1, -0.05) is 6.07 Å². The predicted octanol–water partition coefficient (Wildman–Crippen LogP) is 1.17. The maximum Gasteiger partial charge on any atom is 0.246 e. The molecule has 20 heavy (non-hydrogen) atoms. The number of rotatable bonds is 5. The van der Waals surface area contributed by atoms with Crippen LogP contribution in [0.15, 0.2) is 24.3 Å². The number of hydrogen-bond acceptors (Lipinski definition) is 4. The summed E-state index contributed by atoms with van der Waals surface area (Å²) in [6.07, 6.45) is 3.28. The van der Waals surface area contributed by atoms with Gasteiger partial charge in [0.1, 0.15) is 0 Å². The molecule has 0 saturated carbocycles. The van der Waals surface area contributed by atoms with Gasteiger partial charge >= 0.3 is 0 Å². The third-order valence-corrected chi connectivity index (χ3v) is 3.35. The Morgan fingerprint density at radius 2 is 2.05 bits per heavy atom. The summed E-state index contributed by atoms with van der Waals surface area (Å²) in [6.45, 7) is 1.40. The summed E-state index contributed by atoms with van der Waals surface area (Å²) in [7, 11) is 3.16. The van der Waals surface area contributed by atoms with E-state index in [2.05, 4.69) is 0 Å². The van der Waals surface area contributed by atoms with Gasteiger partial charge in [-0.2, -0.15) is 0 Å². The first kappa shape index (κ1) is 14.4. The number of carbonyl (C=O) groups excluding carboxylic acids is 1. The highest BCUT2D eigenvalue weighted by molar-refractivity contribution is 5.92. The van der Waals surface area contributed by atoms with Gasteiger partial charge in [0, 0.05) is 31.7 Å². The van der Waals surface area contributed by atoms with E-state index in [1.165, 1.54) is 6.08 Å². The Balaban J connectivity index is 1.99. The Morgan fingerprint density at radius 3 is 2.65 bits per heavy atom. The van der Waals surface area contributed by atoms with E-state index < -0.39 is 0 Å². The molecule has 1 fully saturated rings. The normalized spacial score (nSPS) is 15.2. The molecule has 1 N–H and O–H groups in total. The second-order valence-electron chi connectivity index (χ2n) is 4.74. The van der Waals surface area contributed by atoms with Gasteiger partial charge in [0.15, 0.2) is 11.5 Å². The first-order valence-electron chi connectivity index (χ1n) is 6.47. The molecule has 2 rings (SSSR count). The highest BCUT2D eigenvalue weighted by Crippen LogP contribution is 2.28. The third kappa shape index (κ3) is 3.11. The first-order valence-corrected chi connectivity index (χ1v) is 6.47. The number of aliphatic hydroxyl groups excluding tert-OH is 1. The van der Waals surface area contributed by atoms with Crippen molar-refractivity contribution in [2.75, 3.05) is 33.9 Å². The van der Waals surface area contributed by atoms with Crippen molar-refractivity contribution in [2.24, 2.45) is 5.92 Å². The van der Waals surface area contributed by atoms with Crippen molar-refractivity contribution in [3.05, 3.63) is 29.8 Å². The monoisotopic (exact) mass is 277 g/mol. The summed E-state index contributed by atoms with van der Waals surface area (Å²) >= 11 is 0. The maximum absolute atomic E-state index is 11.8. The number of methoxy groups -OCH3 is 2. The molecule has 0 unspecified atom stereocenters. The standard InChI is InChI=1S/C15H19NO4/c1-19-13-5-3-11(7-14(13)20-2)4-6-15(18)16-8-12(9-16)10-17/h3-7,12,17H,8-10H2,1-2H3/b6-4+. The lowest BCUT2D eigenvalue weighted by Gasteiger charge is -2.37. The Hall–Kier alpha value is -2.01. The largest absolute Gasteiger partial charge is 0.493 e. The first-order chi connectivity index (χ1) is 9.67. The van der Waals surface area contributed by atoms with Crippen LogP contribution in [0.3, 0.4) is 0 Å². The molecule has 108 valence electrons. The van der Waals surface area contributed by atoms with E-state index in [1.54, 1.807) is 31.3 Å². The Labute approximate surface area is 118 Å². The molecule has 5 heteroatoms. The van der Waals surface area contributed by atoms with Gasteiger partial charge < -0.3 is 19.5 Å². The summed E-state index contributed by atoms with van der Waals surface area (Å²) in [6, 6.07) is 5.47. The van der Waals surface area contributed by atoms with Crippen LogP contribution in [0.2, 0.25) is 0 Å². The summed E-state index contributed by atoms with van der Waals surface area (Å²) in [5.74, 6) is 1.48. The van der Waals surface area contributed by atoms with Crippen LogP contribution in [0.5, 0.6) is 11.5 Å². The molecule has 0 atom stereocenters. The molecule has 1 heterocycles. The van der Waals surface area contributed by atoms with Gasteiger partial charge in [0.05, 0.1) is 14.2 Å². The zero-order valence-corrected chi connectivity index (χ0v) is 11.7. The number of nitrogens with zero attached hydrogens (tertiary/aromatic N) is 1. The second-order valence-corrected chi connectivity index (χ2v) is 4.74. The summed E-state index contributed by atoms with van der Waals surface area (Å²) in [5.41, 5.74) is 0.871. The Kier molecular flexibility index (Phi) is 4.63. The molecule has 1 saturated heterocycles. The Morgan fingerprint density at radius 1 is 1.35 bits per heavy atom. The minimum atomic E-state index is -0.0375. The lowest BCUT2D eigenvalue weighted by atomic mass is 10.0. The average molecular weight is 277 g/mol. The number of hydrogen-bond donors (Lipinski definition) is 1. The molecule has 1 aromatic rings. The molecular formula is C15H19NO4. The maximum atomic E-state index is 11.8. The van der Waals surface area contributed by atoms with Crippen molar-refractivity contribution in [3.8, 4) is 11.5 Å². The van der Waals surface area contributed by atoms with Crippen molar-refractivity contribution in [1.82, 2.24) is 4.90 Å². The number of likely N-dealkylation sites (tertiary alicyclic amines) is 1. The van der Waals surface area contributed by atoms with Crippen LogP contribution in [0.25, 0.3) is 6.08 Å². The zero-order chi connectivity index (χ0) is 14.5. The minimum absolute atomic E-state index is 0.0375. The molecule has 1 aromatic carbocycles. The molecule has 0 bridgehead atoms. The van der Waals surface area contributed by atoms with Crippen LogP contribution in [-0.4, -0.2) is 49.8 Å². The summed E-state index contributed by atoms with van der Waals surface area (Å²) in [5, 5.41) is 8.92. The van der Waals surface area contributed by atoms with Crippen molar-refractivity contribution < 1.29 is 19.4 Å². The number of benzene rings is 1. The van der Waals surface area contributed by atoms with Gasteiger partial charge in [-0.3, -0.25) is 4.79 Å². The van der Waals surface area contributed by atoms with Gasteiger partial charge in [-0.25, -0.2) is 0 Å². The molecule has 0 aromatic heterocycles. The lowest BCUT2D eigenvalue weighted by Crippen LogP contribution is -2.50. The topological polar surface area (TPSA) is 59.0 Å². The number of carbonyl (C=O) groups is 1. The van der Waals surface area contributed by atoms with E-state index in [1.807, 2.05) is 12.1 Å². The van der Waals surface area contributed by atoms with Gasteiger partial charge in [-0.15, -0.1) is 0 Å². The van der Waals surface area contributed by atoms with Gasteiger partial charge in [0.2, 0.25) is 5.91 Å². The second kappa shape index (κ2) is 6.43. The summed E-state index contributed by atoms with van der Waals surface area (Å²) < 4.78 is 10.4. The van der Waals surface area contributed by atoms with Crippen LogP contribution in [0, 0.1) is 5.92 Å².